The maximum Gasteiger partial charge on any atom is 0.259 e. The summed E-state index contributed by atoms with van der Waals surface area (Å²) in [4.78, 5) is 33.2. The van der Waals surface area contributed by atoms with Crippen molar-refractivity contribution in [1.29, 1.82) is 0 Å². The number of anilines is 2. The topological polar surface area (TPSA) is 53.5 Å². The Morgan fingerprint density at radius 3 is 2.61 bits per heavy atom. The highest BCUT2D eigenvalue weighted by atomic mass is 32.1. The second kappa shape index (κ2) is 8.59. The van der Waals surface area contributed by atoms with E-state index < -0.39 is 0 Å². The molecule has 0 bridgehead atoms. The van der Waals surface area contributed by atoms with Crippen molar-refractivity contribution in [3.63, 3.8) is 0 Å². The number of benzene rings is 2. The lowest BCUT2D eigenvalue weighted by atomic mass is 9.97. The van der Waals surface area contributed by atoms with Crippen molar-refractivity contribution in [1.82, 2.24) is 4.98 Å². The van der Waals surface area contributed by atoms with Gasteiger partial charge in [-0.15, -0.1) is 11.3 Å². The van der Waals surface area contributed by atoms with Crippen LogP contribution in [0, 0.1) is 11.7 Å². The third-order valence-corrected chi connectivity index (χ3v) is 6.35. The van der Waals surface area contributed by atoms with E-state index >= 15 is 0 Å². The molecule has 2 heterocycles. The molecule has 3 aromatic rings. The number of amides is 2. The molecule has 2 aromatic carbocycles. The maximum absolute atomic E-state index is 13.1. The normalized spacial score (nSPS) is 13.3. The fraction of sp³-hybridized carbons (Fsp3) is 0.292. The lowest BCUT2D eigenvalue weighted by Gasteiger charge is -2.31. The van der Waals surface area contributed by atoms with E-state index in [0.717, 1.165) is 41.9 Å². The van der Waals surface area contributed by atoms with Crippen LogP contribution in [0.15, 0.2) is 47.8 Å². The Hall–Kier alpha value is -3.06. The van der Waals surface area contributed by atoms with Gasteiger partial charge in [-0.2, -0.15) is 0 Å². The first-order valence-electron chi connectivity index (χ1n) is 10.3. The summed E-state index contributed by atoms with van der Waals surface area (Å²) >= 11 is 1.38. The lowest BCUT2D eigenvalue weighted by Crippen LogP contribution is -2.38. The monoisotopic (exact) mass is 437 g/mol. The zero-order valence-corrected chi connectivity index (χ0v) is 18.6. The molecule has 0 atom stereocenters. The van der Waals surface area contributed by atoms with Gasteiger partial charge in [-0.1, -0.05) is 19.9 Å². The van der Waals surface area contributed by atoms with E-state index in [0.29, 0.717) is 10.7 Å². The summed E-state index contributed by atoms with van der Waals surface area (Å²) in [6, 6.07) is 11.5. The van der Waals surface area contributed by atoms with E-state index in [1.807, 2.05) is 36.3 Å². The average Bonchev–Trinajstić information content (AvgIpc) is 3.27. The smallest absolute Gasteiger partial charge is 0.259 e. The van der Waals surface area contributed by atoms with Crippen molar-refractivity contribution in [3.8, 4) is 11.3 Å². The van der Waals surface area contributed by atoms with Crippen molar-refractivity contribution in [2.45, 2.75) is 26.7 Å². The van der Waals surface area contributed by atoms with Crippen molar-refractivity contribution < 1.29 is 14.0 Å². The van der Waals surface area contributed by atoms with Gasteiger partial charge in [-0.25, -0.2) is 9.37 Å². The van der Waals surface area contributed by atoms with Crippen LogP contribution in [0.25, 0.3) is 11.3 Å². The van der Waals surface area contributed by atoms with Crippen molar-refractivity contribution in [2.24, 2.45) is 5.92 Å². The maximum atomic E-state index is 13.1. The second-order valence-corrected chi connectivity index (χ2v) is 8.81. The van der Waals surface area contributed by atoms with Crippen molar-refractivity contribution >= 4 is 34.0 Å². The minimum Gasteiger partial charge on any atom is -0.312 e. The molecule has 0 spiro atoms. The van der Waals surface area contributed by atoms with Gasteiger partial charge >= 0.3 is 0 Å². The molecule has 0 unspecified atom stereocenters. The molecular formula is C24H24FN3O2S. The molecule has 0 N–H and O–H groups in total. The standard InChI is InChI=1S/C24H24FN3O2S/c1-15(2)22(29)28-12-4-5-18-13-17(8-11-21(18)28)20-14-31-24(26-20)27(3)23(30)16-6-9-19(25)10-7-16/h6-11,13-15H,4-5,12H2,1-3H3. The molecule has 2 amide bonds. The number of rotatable bonds is 4. The highest BCUT2D eigenvalue weighted by molar-refractivity contribution is 7.14. The predicted molar refractivity (Wildman–Crippen MR) is 122 cm³/mol. The van der Waals surface area contributed by atoms with Gasteiger partial charge in [0.1, 0.15) is 5.82 Å². The van der Waals surface area contributed by atoms with Crippen LogP contribution in [-0.2, 0) is 11.2 Å². The van der Waals surface area contributed by atoms with E-state index in [-0.39, 0.29) is 23.5 Å². The molecular weight excluding hydrogens is 413 g/mol. The van der Waals surface area contributed by atoms with E-state index in [9.17, 15) is 14.0 Å². The number of aryl methyl sites for hydroxylation is 1. The molecule has 0 saturated carbocycles. The number of hydrogen-bond donors (Lipinski definition) is 0. The van der Waals surface area contributed by atoms with Gasteiger partial charge in [0.15, 0.2) is 5.13 Å². The molecule has 160 valence electrons. The first-order chi connectivity index (χ1) is 14.8. The Morgan fingerprint density at radius 1 is 1.16 bits per heavy atom. The third kappa shape index (κ3) is 4.23. The van der Waals surface area contributed by atoms with Gasteiger partial charge in [0.2, 0.25) is 5.91 Å². The molecule has 0 fully saturated rings. The first-order valence-corrected chi connectivity index (χ1v) is 11.2. The quantitative estimate of drug-likeness (QED) is 0.566. The average molecular weight is 438 g/mol. The zero-order valence-electron chi connectivity index (χ0n) is 17.8. The summed E-state index contributed by atoms with van der Waals surface area (Å²) in [6.45, 7) is 4.59. The largest absolute Gasteiger partial charge is 0.312 e. The summed E-state index contributed by atoms with van der Waals surface area (Å²) in [7, 11) is 1.66. The summed E-state index contributed by atoms with van der Waals surface area (Å²) in [5.74, 6) is -0.516. The van der Waals surface area contributed by atoms with Gasteiger partial charge in [-0.05, 0) is 54.8 Å². The molecule has 31 heavy (non-hydrogen) atoms. The van der Waals surface area contributed by atoms with Crippen molar-refractivity contribution in [3.05, 3.63) is 64.8 Å². The van der Waals surface area contributed by atoms with Crippen LogP contribution < -0.4 is 9.80 Å². The van der Waals surface area contributed by atoms with E-state index in [2.05, 4.69) is 11.1 Å². The van der Waals surface area contributed by atoms with Crippen LogP contribution in [0.5, 0.6) is 0 Å². The van der Waals surface area contributed by atoms with Crippen LogP contribution in [0.2, 0.25) is 0 Å². The van der Waals surface area contributed by atoms with Gasteiger partial charge in [0.25, 0.3) is 5.91 Å². The zero-order chi connectivity index (χ0) is 22.1. The summed E-state index contributed by atoms with van der Waals surface area (Å²) in [5, 5.41) is 2.49. The number of aromatic nitrogens is 1. The number of carbonyl (C=O) groups is 2. The summed E-state index contributed by atoms with van der Waals surface area (Å²) < 4.78 is 13.1. The molecule has 1 aliphatic heterocycles. The van der Waals surface area contributed by atoms with Crippen LogP contribution >= 0.6 is 11.3 Å². The van der Waals surface area contributed by atoms with E-state index in [4.69, 9.17) is 0 Å². The molecule has 0 aliphatic carbocycles. The fourth-order valence-corrected chi connectivity index (χ4v) is 4.52. The van der Waals surface area contributed by atoms with E-state index in [1.165, 1.54) is 40.5 Å². The number of carbonyl (C=O) groups excluding carboxylic acids is 2. The minimum atomic E-state index is -0.378. The van der Waals surface area contributed by atoms with Gasteiger partial charge < -0.3 is 4.90 Å². The Morgan fingerprint density at radius 2 is 1.90 bits per heavy atom. The number of hydrogen-bond acceptors (Lipinski definition) is 4. The van der Waals surface area contributed by atoms with Crippen LogP contribution in [-0.4, -0.2) is 30.4 Å². The molecule has 7 heteroatoms. The molecule has 1 aliphatic rings. The molecule has 4 rings (SSSR count). The van der Waals surface area contributed by atoms with Gasteiger partial charge in [0, 0.05) is 41.7 Å². The predicted octanol–water partition coefficient (Wildman–Crippen LogP) is 5.16. The molecule has 5 nitrogen and oxygen atoms in total. The first kappa shape index (κ1) is 21.2. The Labute approximate surface area is 185 Å². The molecule has 0 radical (unpaired) electrons. The summed E-state index contributed by atoms with van der Waals surface area (Å²) in [5.41, 5.74) is 4.27. The lowest BCUT2D eigenvalue weighted by molar-refractivity contribution is -0.121. The highest BCUT2D eigenvalue weighted by Crippen LogP contribution is 2.34. The summed E-state index contributed by atoms with van der Waals surface area (Å²) in [6.07, 6.45) is 1.86. The van der Waals surface area contributed by atoms with Crippen LogP contribution in [0.3, 0.4) is 0 Å². The second-order valence-electron chi connectivity index (χ2n) is 7.98. The number of halogens is 1. The number of nitrogens with zero attached hydrogens (tertiary/aromatic N) is 3. The Kier molecular flexibility index (Phi) is 5.87. The van der Waals surface area contributed by atoms with Crippen molar-refractivity contribution in [2.75, 3.05) is 23.4 Å². The fourth-order valence-electron chi connectivity index (χ4n) is 3.72. The number of thiazole rings is 1. The Bertz CT molecular complexity index is 1120. The van der Waals surface area contributed by atoms with Crippen LogP contribution in [0.1, 0.15) is 36.2 Å². The SMILES string of the molecule is CC(C)C(=O)N1CCCc2cc(-c3csc(N(C)C(=O)c4ccc(F)cc4)n3)ccc21. The van der Waals surface area contributed by atoms with Crippen LogP contribution in [0.4, 0.5) is 15.2 Å². The van der Waals surface area contributed by atoms with E-state index in [1.54, 1.807) is 7.05 Å². The minimum absolute atomic E-state index is 0.0408. The molecule has 0 saturated heterocycles. The Balaban J connectivity index is 1.57. The highest BCUT2D eigenvalue weighted by Gasteiger charge is 2.25. The van der Waals surface area contributed by atoms with Gasteiger partial charge in [0.05, 0.1) is 5.69 Å². The number of fused-ring (bicyclic) bond motifs is 1. The third-order valence-electron chi connectivity index (χ3n) is 5.43. The molecule has 1 aromatic heterocycles. The van der Waals surface area contributed by atoms with Gasteiger partial charge in [-0.3, -0.25) is 14.5 Å².